The third kappa shape index (κ3) is 4.11. The zero-order valence-electron chi connectivity index (χ0n) is 11.1. The highest BCUT2D eigenvalue weighted by atomic mass is 32.1. The summed E-state index contributed by atoms with van der Waals surface area (Å²) in [5.41, 5.74) is 2.53. The average Bonchev–Trinajstić information content (AvgIpc) is 2.92. The van der Waals surface area contributed by atoms with E-state index in [2.05, 4.69) is 42.6 Å². The van der Waals surface area contributed by atoms with Crippen molar-refractivity contribution in [1.29, 1.82) is 5.26 Å². The van der Waals surface area contributed by atoms with Gasteiger partial charge in [0.15, 0.2) is 0 Å². The van der Waals surface area contributed by atoms with Crippen molar-refractivity contribution < 1.29 is 0 Å². The molecule has 0 aliphatic rings. The molecule has 3 heteroatoms. The number of benzene rings is 1. The SMILES string of the molecule is CCCCc1ccc(NCc2ccc(C#N)s2)cc1. The Kier molecular flexibility index (Phi) is 5.00. The number of unbranched alkanes of at least 4 members (excludes halogenated alkanes) is 1. The molecule has 1 aromatic carbocycles. The summed E-state index contributed by atoms with van der Waals surface area (Å²) in [5.74, 6) is 0. The van der Waals surface area contributed by atoms with Crippen LogP contribution in [0, 0.1) is 11.3 Å². The second-order valence-corrected chi connectivity index (χ2v) is 5.70. The van der Waals surface area contributed by atoms with Crippen molar-refractivity contribution in [1.82, 2.24) is 0 Å². The molecule has 2 rings (SSSR count). The smallest absolute Gasteiger partial charge is 0.110 e. The molecule has 98 valence electrons. The molecule has 0 aliphatic carbocycles. The van der Waals surface area contributed by atoms with Crippen LogP contribution >= 0.6 is 11.3 Å². The van der Waals surface area contributed by atoms with Gasteiger partial charge in [0, 0.05) is 17.1 Å². The molecule has 0 saturated heterocycles. The van der Waals surface area contributed by atoms with Crippen molar-refractivity contribution in [2.24, 2.45) is 0 Å². The first-order valence-electron chi connectivity index (χ1n) is 6.63. The first-order valence-corrected chi connectivity index (χ1v) is 7.45. The molecule has 0 bridgehead atoms. The molecule has 0 unspecified atom stereocenters. The zero-order valence-corrected chi connectivity index (χ0v) is 12.0. The fourth-order valence-corrected chi connectivity index (χ4v) is 2.64. The molecule has 0 saturated carbocycles. The Morgan fingerprint density at radius 3 is 2.58 bits per heavy atom. The summed E-state index contributed by atoms with van der Waals surface area (Å²) in [5, 5.41) is 12.2. The van der Waals surface area contributed by atoms with Gasteiger partial charge in [-0.2, -0.15) is 5.26 Å². The fraction of sp³-hybridized carbons (Fsp3) is 0.312. The van der Waals surface area contributed by atoms with Gasteiger partial charge in [-0.1, -0.05) is 25.5 Å². The molecule has 0 spiro atoms. The molecular weight excluding hydrogens is 252 g/mol. The van der Waals surface area contributed by atoms with Crippen LogP contribution in [0.1, 0.15) is 35.1 Å². The van der Waals surface area contributed by atoms with Crippen LogP contribution in [-0.2, 0) is 13.0 Å². The number of rotatable bonds is 6. The van der Waals surface area contributed by atoms with Crippen molar-refractivity contribution in [3.8, 4) is 6.07 Å². The van der Waals surface area contributed by atoms with E-state index in [1.807, 2.05) is 12.1 Å². The summed E-state index contributed by atoms with van der Waals surface area (Å²) in [6, 6.07) is 14.7. The minimum Gasteiger partial charge on any atom is -0.380 e. The summed E-state index contributed by atoms with van der Waals surface area (Å²) in [6.07, 6.45) is 3.64. The van der Waals surface area contributed by atoms with Crippen LogP contribution < -0.4 is 5.32 Å². The maximum absolute atomic E-state index is 8.78. The number of nitrogens with zero attached hydrogens (tertiary/aromatic N) is 1. The van der Waals surface area contributed by atoms with Crippen molar-refractivity contribution in [2.75, 3.05) is 5.32 Å². The lowest BCUT2D eigenvalue weighted by atomic mass is 10.1. The van der Waals surface area contributed by atoms with Crippen LogP contribution in [0.3, 0.4) is 0 Å². The Morgan fingerprint density at radius 1 is 1.16 bits per heavy atom. The zero-order chi connectivity index (χ0) is 13.5. The van der Waals surface area contributed by atoms with Gasteiger partial charge in [0.1, 0.15) is 10.9 Å². The van der Waals surface area contributed by atoms with Crippen LogP contribution in [0.25, 0.3) is 0 Å². The lowest BCUT2D eigenvalue weighted by Crippen LogP contribution is -1.97. The number of hydrogen-bond acceptors (Lipinski definition) is 3. The van der Waals surface area contributed by atoms with E-state index in [1.54, 1.807) is 11.3 Å². The first-order chi connectivity index (χ1) is 9.31. The molecule has 0 aliphatic heterocycles. The second-order valence-electron chi connectivity index (χ2n) is 4.53. The van der Waals surface area contributed by atoms with Crippen LogP contribution in [0.15, 0.2) is 36.4 Å². The van der Waals surface area contributed by atoms with Crippen molar-refractivity contribution >= 4 is 17.0 Å². The number of nitrogens with one attached hydrogen (secondary N) is 1. The Bertz CT molecular complexity index is 549. The van der Waals surface area contributed by atoms with Crippen LogP contribution in [0.4, 0.5) is 5.69 Å². The molecule has 1 N–H and O–H groups in total. The Balaban J connectivity index is 1.87. The van der Waals surface area contributed by atoms with Crippen LogP contribution in [0.2, 0.25) is 0 Å². The fourth-order valence-electron chi connectivity index (χ4n) is 1.89. The standard InChI is InChI=1S/C16H18N2S/c1-2-3-4-13-5-7-14(8-6-13)18-12-16-10-9-15(11-17)19-16/h5-10,18H,2-4,12H2,1H3. The molecule has 2 aromatic rings. The largest absolute Gasteiger partial charge is 0.380 e. The lowest BCUT2D eigenvalue weighted by Gasteiger charge is -2.06. The minimum atomic E-state index is 0.770. The third-order valence-corrected chi connectivity index (χ3v) is 4.00. The highest BCUT2D eigenvalue weighted by molar-refractivity contribution is 7.12. The van der Waals surface area contributed by atoms with Gasteiger partial charge in [-0.05, 0) is 42.7 Å². The highest BCUT2D eigenvalue weighted by Gasteiger charge is 1.99. The van der Waals surface area contributed by atoms with Crippen LogP contribution in [-0.4, -0.2) is 0 Å². The molecule has 1 heterocycles. The van der Waals surface area contributed by atoms with E-state index in [0.29, 0.717) is 0 Å². The van der Waals surface area contributed by atoms with Crippen molar-refractivity contribution in [3.05, 3.63) is 51.7 Å². The van der Waals surface area contributed by atoms with E-state index in [1.165, 1.54) is 23.3 Å². The number of nitriles is 1. The molecule has 19 heavy (non-hydrogen) atoms. The van der Waals surface area contributed by atoms with Crippen LogP contribution in [0.5, 0.6) is 0 Å². The monoisotopic (exact) mass is 270 g/mol. The highest BCUT2D eigenvalue weighted by Crippen LogP contribution is 2.18. The Labute approximate surface area is 118 Å². The predicted molar refractivity (Wildman–Crippen MR) is 81.4 cm³/mol. The Morgan fingerprint density at radius 2 is 1.95 bits per heavy atom. The van der Waals surface area contributed by atoms with Crippen molar-refractivity contribution in [3.63, 3.8) is 0 Å². The number of anilines is 1. The first kappa shape index (κ1) is 13.6. The van der Waals surface area contributed by atoms with Gasteiger partial charge in [0.25, 0.3) is 0 Å². The van der Waals surface area contributed by atoms with Crippen molar-refractivity contribution in [2.45, 2.75) is 32.7 Å². The van der Waals surface area contributed by atoms with Gasteiger partial charge in [-0.3, -0.25) is 0 Å². The second kappa shape index (κ2) is 6.96. The van der Waals surface area contributed by atoms with E-state index >= 15 is 0 Å². The van der Waals surface area contributed by atoms with Gasteiger partial charge in [0.2, 0.25) is 0 Å². The molecular formula is C16H18N2S. The number of hydrogen-bond donors (Lipinski definition) is 1. The quantitative estimate of drug-likeness (QED) is 0.834. The van der Waals surface area contributed by atoms with E-state index in [9.17, 15) is 0 Å². The molecule has 0 atom stereocenters. The molecule has 1 aromatic heterocycles. The average molecular weight is 270 g/mol. The topological polar surface area (TPSA) is 35.8 Å². The van der Waals surface area contributed by atoms with Gasteiger partial charge in [-0.15, -0.1) is 11.3 Å². The van der Waals surface area contributed by atoms with E-state index in [0.717, 1.165) is 23.5 Å². The van der Waals surface area contributed by atoms with Gasteiger partial charge in [0.05, 0.1) is 0 Å². The predicted octanol–water partition coefficient (Wildman–Crippen LogP) is 4.57. The third-order valence-electron chi connectivity index (χ3n) is 3.01. The molecule has 0 amide bonds. The number of thiophene rings is 1. The van der Waals surface area contributed by atoms with Gasteiger partial charge >= 0.3 is 0 Å². The van der Waals surface area contributed by atoms with E-state index in [-0.39, 0.29) is 0 Å². The summed E-state index contributed by atoms with van der Waals surface area (Å²) < 4.78 is 0. The van der Waals surface area contributed by atoms with Gasteiger partial charge < -0.3 is 5.32 Å². The summed E-state index contributed by atoms with van der Waals surface area (Å²) in [4.78, 5) is 1.96. The molecule has 2 nitrogen and oxygen atoms in total. The lowest BCUT2D eigenvalue weighted by molar-refractivity contribution is 0.795. The number of aryl methyl sites for hydroxylation is 1. The molecule has 0 radical (unpaired) electrons. The summed E-state index contributed by atoms with van der Waals surface area (Å²) in [6.45, 7) is 2.99. The van der Waals surface area contributed by atoms with E-state index in [4.69, 9.17) is 5.26 Å². The maximum atomic E-state index is 8.78. The summed E-state index contributed by atoms with van der Waals surface area (Å²) >= 11 is 1.54. The summed E-state index contributed by atoms with van der Waals surface area (Å²) in [7, 11) is 0. The maximum Gasteiger partial charge on any atom is 0.110 e. The minimum absolute atomic E-state index is 0.770. The normalized spacial score (nSPS) is 10.1. The van der Waals surface area contributed by atoms with E-state index < -0.39 is 0 Å². The molecule has 0 fully saturated rings. The Hall–Kier alpha value is -1.79. The van der Waals surface area contributed by atoms with Gasteiger partial charge in [-0.25, -0.2) is 0 Å².